The first-order valence-corrected chi connectivity index (χ1v) is 11.4. The number of ether oxygens (including phenoxy) is 1. The van der Waals surface area contributed by atoms with Crippen molar-refractivity contribution in [3.63, 3.8) is 0 Å². The third-order valence-corrected chi connectivity index (χ3v) is 5.74. The predicted molar refractivity (Wildman–Crippen MR) is 117 cm³/mol. The molecule has 210 valence electrons. The fourth-order valence-electron chi connectivity index (χ4n) is 4.00. The molecule has 0 aromatic heterocycles. The molecule has 3 rings (SSSR count). The number of fused-ring (bicyclic) bond motifs is 1. The minimum Gasteiger partial charge on any atom is -0.433 e. The maximum atomic E-state index is 13.4. The number of nitrogens with zero attached hydrogens (tertiary/aromatic N) is 1. The molecule has 0 radical (unpaired) electrons. The van der Waals surface area contributed by atoms with E-state index in [1.807, 2.05) is 0 Å². The van der Waals surface area contributed by atoms with Gasteiger partial charge in [0.2, 0.25) is 0 Å². The van der Waals surface area contributed by atoms with Crippen LogP contribution in [0.15, 0.2) is 36.4 Å². The van der Waals surface area contributed by atoms with Crippen LogP contribution in [0, 0.1) is 0 Å². The Bertz CT molecular complexity index is 1110. The van der Waals surface area contributed by atoms with Gasteiger partial charge in [0.05, 0.1) is 35.0 Å². The Kier molecular flexibility index (Phi) is 8.44. The van der Waals surface area contributed by atoms with Gasteiger partial charge >= 0.3 is 24.7 Å². The third-order valence-electron chi connectivity index (χ3n) is 5.74. The van der Waals surface area contributed by atoms with E-state index in [4.69, 9.17) is 9.57 Å². The van der Waals surface area contributed by atoms with Gasteiger partial charge in [0.15, 0.2) is 0 Å². The van der Waals surface area contributed by atoms with Crippen LogP contribution in [0.3, 0.4) is 0 Å². The molecule has 0 aliphatic carbocycles. The highest BCUT2D eigenvalue weighted by Gasteiger charge is 2.39. The van der Waals surface area contributed by atoms with Crippen LogP contribution in [0.2, 0.25) is 0 Å². The van der Waals surface area contributed by atoms with E-state index >= 15 is 0 Å². The number of benzene rings is 2. The monoisotopic (exact) mass is 558 g/mol. The van der Waals surface area contributed by atoms with Crippen molar-refractivity contribution in [2.45, 2.75) is 63.8 Å². The maximum absolute atomic E-state index is 13.4. The highest BCUT2D eigenvalue weighted by atomic mass is 19.4. The lowest BCUT2D eigenvalue weighted by atomic mass is 9.91. The number of alkyl halides is 9. The van der Waals surface area contributed by atoms with Crippen LogP contribution in [-0.2, 0) is 34.6 Å². The summed E-state index contributed by atoms with van der Waals surface area (Å²) in [6.07, 6.45) is -15.4. The minimum absolute atomic E-state index is 0.000454. The van der Waals surface area contributed by atoms with Crippen molar-refractivity contribution in [2.24, 2.45) is 0 Å². The maximum Gasteiger partial charge on any atom is 0.533 e. The van der Waals surface area contributed by atoms with Gasteiger partial charge in [0.1, 0.15) is 0 Å². The summed E-state index contributed by atoms with van der Waals surface area (Å²) in [5.41, 5.74) is -4.37. The first kappa shape index (κ1) is 29.4. The average Bonchev–Trinajstić information content (AvgIpc) is 2.81. The average molecular weight is 558 g/mol. The second-order valence-corrected chi connectivity index (χ2v) is 8.72. The van der Waals surface area contributed by atoms with Gasteiger partial charge < -0.3 is 14.9 Å². The first-order chi connectivity index (χ1) is 17.5. The molecule has 2 atom stereocenters. The summed E-state index contributed by atoms with van der Waals surface area (Å²) in [6.45, 7) is 2.85. The number of halogens is 9. The molecule has 14 heteroatoms. The summed E-state index contributed by atoms with van der Waals surface area (Å²) in [5.74, 6) is 0. The van der Waals surface area contributed by atoms with Gasteiger partial charge in [-0.2, -0.15) is 39.5 Å². The van der Waals surface area contributed by atoms with Gasteiger partial charge in [-0.1, -0.05) is 6.92 Å². The molecule has 1 aliphatic rings. The molecular formula is C24H23F9N2O3. The van der Waals surface area contributed by atoms with Crippen LogP contribution in [0.4, 0.5) is 50.0 Å². The Morgan fingerprint density at radius 1 is 0.921 bits per heavy atom. The highest BCUT2D eigenvalue weighted by Crippen LogP contribution is 2.42. The van der Waals surface area contributed by atoms with Crippen molar-refractivity contribution in [1.82, 2.24) is 5.32 Å². The lowest BCUT2D eigenvalue weighted by Crippen LogP contribution is -2.43. The summed E-state index contributed by atoms with van der Waals surface area (Å²) < 4.78 is 124. The standard InChI is InChI=1S/C24H23F9N2O3/c1-3-6-37-21(36)38-35-13(2)7-19(18-11-15(22(25,26)27)4-5-20(18)35)34-12-14-8-16(23(28,29)30)10-17(9-14)24(31,32)33/h4-5,8-11,13,19,34H,3,6-7,12H2,1-2H3/t13-,19+/m1/s1. The molecule has 1 aliphatic heterocycles. The Balaban J connectivity index is 1.95. The lowest BCUT2D eigenvalue weighted by molar-refractivity contribution is -0.143. The number of hydroxylamine groups is 1. The van der Waals surface area contributed by atoms with Crippen LogP contribution >= 0.6 is 0 Å². The van der Waals surface area contributed by atoms with Crippen LogP contribution in [0.1, 0.15) is 60.5 Å². The quantitative estimate of drug-likeness (QED) is 0.292. The SMILES string of the molecule is CCCOC(=O)ON1c2ccc(C(F)(F)F)cc2[C@@H](NCc2cc(C(F)(F)F)cc(C(F)(F)F)c2)C[C@H]1C. The van der Waals surface area contributed by atoms with Crippen molar-refractivity contribution in [1.29, 1.82) is 0 Å². The molecule has 2 aromatic rings. The van der Waals surface area contributed by atoms with Gasteiger partial charge in [-0.25, -0.2) is 9.86 Å². The van der Waals surface area contributed by atoms with Gasteiger partial charge in [0.25, 0.3) is 0 Å². The number of hydrogen-bond acceptors (Lipinski definition) is 5. The third kappa shape index (κ3) is 7.03. The zero-order chi connectivity index (χ0) is 28.5. The molecule has 0 spiro atoms. The van der Waals surface area contributed by atoms with Crippen molar-refractivity contribution < 1.29 is 53.9 Å². The van der Waals surface area contributed by atoms with Gasteiger partial charge in [0, 0.05) is 12.6 Å². The Hall–Kier alpha value is -3.16. The molecule has 0 unspecified atom stereocenters. The van der Waals surface area contributed by atoms with Crippen molar-refractivity contribution in [3.05, 3.63) is 64.2 Å². The van der Waals surface area contributed by atoms with Crippen LogP contribution in [0.5, 0.6) is 0 Å². The molecule has 0 fully saturated rings. The zero-order valence-corrected chi connectivity index (χ0v) is 20.0. The van der Waals surface area contributed by atoms with Crippen molar-refractivity contribution in [2.75, 3.05) is 11.7 Å². The zero-order valence-electron chi connectivity index (χ0n) is 20.0. The topological polar surface area (TPSA) is 50.8 Å². The van der Waals surface area contributed by atoms with E-state index in [9.17, 15) is 44.3 Å². The summed E-state index contributed by atoms with van der Waals surface area (Å²) in [6, 6.07) is 2.13. The number of hydrogen-bond donors (Lipinski definition) is 1. The molecule has 5 nitrogen and oxygen atoms in total. The summed E-state index contributed by atoms with van der Waals surface area (Å²) in [5, 5.41) is 3.84. The molecule has 0 saturated carbocycles. The fourth-order valence-corrected chi connectivity index (χ4v) is 4.00. The highest BCUT2D eigenvalue weighted by molar-refractivity contribution is 5.65. The molecular weight excluding hydrogens is 535 g/mol. The van der Waals surface area contributed by atoms with Crippen molar-refractivity contribution in [3.8, 4) is 0 Å². The van der Waals surface area contributed by atoms with E-state index in [1.54, 1.807) is 13.8 Å². The summed E-state index contributed by atoms with van der Waals surface area (Å²) in [7, 11) is 0. The largest absolute Gasteiger partial charge is 0.533 e. The Labute approximate surface area is 211 Å². The van der Waals surface area contributed by atoms with Gasteiger partial charge in [-0.05, 0) is 67.3 Å². The fraction of sp³-hybridized carbons (Fsp3) is 0.458. The molecule has 0 saturated heterocycles. The second kappa shape index (κ2) is 10.9. The number of nitrogens with one attached hydrogen (secondary N) is 1. The summed E-state index contributed by atoms with van der Waals surface area (Å²) in [4.78, 5) is 17.2. The smallest absolute Gasteiger partial charge is 0.433 e. The Morgan fingerprint density at radius 2 is 1.50 bits per heavy atom. The van der Waals surface area contributed by atoms with Gasteiger partial charge in [-0.3, -0.25) is 0 Å². The predicted octanol–water partition coefficient (Wildman–Crippen LogP) is 7.65. The molecule has 0 amide bonds. The second-order valence-electron chi connectivity index (χ2n) is 8.72. The van der Waals surface area contributed by atoms with Crippen LogP contribution in [-0.4, -0.2) is 18.8 Å². The van der Waals surface area contributed by atoms with E-state index in [0.29, 0.717) is 18.6 Å². The van der Waals surface area contributed by atoms with E-state index in [2.05, 4.69) is 5.32 Å². The normalized spacial score (nSPS) is 18.2. The lowest BCUT2D eigenvalue weighted by Gasteiger charge is -2.39. The minimum atomic E-state index is -5.05. The van der Waals surface area contributed by atoms with Crippen LogP contribution < -0.4 is 10.4 Å². The molecule has 0 bridgehead atoms. The number of carbonyl (C=O) groups is 1. The Morgan fingerprint density at radius 3 is 2.03 bits per heavy atom. The number of anilines is 1. The molecule has 38 heavy (non-hydrogen) atoms. The van der Waals surface area contributed by atoms with E-state index in [1.165, 1.54) is 0 Å². The summed E-state index contributed by atoms with van der Waals surface area (Å²) >= 11 is 0. The molecule has 2 aromatic carbocycles. The first-order valence-electron chi connectivity index (χ1n) is 11.4. The molecule has 1 heterocycles. The van der Waals surface area contributed by atoms with Crippen LogP contribution in [0.25, 0.3) is 0 Å². The number of carbonyl (C=O) groups excluding carboxylic acids is 1. The molecule has 1 N–H and O–H groups in total. The van der Waals surface area contributed by atoms with E-state index in [-0.39, 0.29) is 35.9 Å². The van der Waals surface area contributed by atoms with E-state index < -0.39 is 60.0 Å². The van der Waals surface area contributed by atoms with Gasteiger partial charge in [-0.15, -0.1) is 0 Å². The number of rotatable bonds is 6. The van der Waals surface area contributed by atoms with E-state index in [0.717, 1.165) is 23.3 Å². The van der Waals surface area contributed by atoms with Crippen molar-refractivity contribution >= 4 is 11.8 Å².